The lowest BCUT2D eigenvalue weighted by molar-refractivity contribution is 1.10. The van der Waals surface area contributed by atoms with Gasteiger partial charge in [-0.05, 0) is 6.92 Å². The molecule has 0 radical (unpaired) electrons. The number of aryl methyl sites for hydroxylation is 1. The fourth-order valence-corrected chi connectivity index (χ4v) is 0.665. The molecular weight excluding hydrogens is 166 g/mol. The van der Waals surface area contributed by atoms with E-state index in [2.05, 4.69) is 15.4 Å². The Labute approximate surface area is 70.6 Å². The first-order valence-corrected chi connectivity index (χ1v) is 2.80. The third-order valence-electron chi connectivity index (χ3n) is 1.02. The highest BCUT2D eigenvalue weighted by atomic mass is 35.5. The fraction of sp³-hybridized carbons (Fsp3) is 0.200. The van der Waals surface area contributed by atoms with Crippen LogP contribution >= 0.6 is 12.4 Å². The third-order valence-corrected chi connectivity index (χ3v) is 1.02. The smallest absolute Gasteiger partial charge is 0.222 e. The molecule has 6 heteroatoms. The van der Waals surface area contributed by atoms with E-state index in [9.17, 15) is 0 Å². The number of hydrogen-bond acceptors (Lipinski definition) is 5. The van der Waals surface area contributed by atoms with Crippen LogP contribution in [-0.2, 0) is 0 Å². The molecule has 0 aliphatic carbocycles. The standard InChI is InChI=1S/C5H9N5.ClH/c1-3-2-4(10-7)9-5(6)8-3;/h2H,7H2,1H3,(H3,6,8,9,10);1H. The van der Waals surface area contributed by atoms with Crippen molar-refractivity contribution < 1.29 is 0 Å². The molecular formula is C5H10ClN5. The highest BCUT2D eigenvalue weighted by molar-refractivity contribution is 5.85. The van der Waals surface area contributed by atoms with Gasteiger partial charge in [0, 0.05) is 11.8 Å². The van der Waals surface area contributed by atoms with E-state index < -0.39 is 0 Å². The second-order valence-electron chi connectivity index (χ2n) is 1.90. The Hall–Kier alpha value is -1.07. The van der Waals surface area contributed by atoms with Crippen molar-refractivity contribution in [2.75, 3.05) is 11.2 Å². The summed E-state index contributed by atoms with van der Waals surface area (Å²) in [7, 11) is 0. The largest absolute Gasteiger partial charge is 0.368 e. The van der Waals surface area contributed by atoms with Gasteiger partial charge in [-0.15, -0.1) is 12.4 Å². The highest BCUT2D eigenvalue weighted by Crippen LogP contribution is 2.04. The van der Waals surface area contributed by atoms with Gasteiger partial charge < -0.3 is 11.2 Å². The number of aromatic nitrogens is 2. The number of hydrazine groups is 1. The van der Waals surface area contributed by atoms with Crippen molar-refractivity contribution in [2.45, 2.75) is 6.92 Å². The zero-order valence-corrected chi connectivity index (χ0v) is 6.85. The molecule has 0 aromatic carbocycles. The van der Waals surface area contributed by atoms with Crippen LogP contribution in [0.15, 0.2) is 6.07 Å². The van der Waals surface area contributed by atoms with E-state index in [1.807, 2.05) is 6.92 Å². The first-order chi connectivity index (χ1) is 4.72. The Bertz CT molecular complexity index is 218. The molecule has 1 rings (SSSR count). The molecule has 0 bridgehead atoms. The molecule has 0 atom stereocenters. The Balaban J connectivity index is 0.000001000. The molecule has 5 N–H and O–H groups in total. The van der Waals surface area contributed by atoms with E-state index in [0.29, 0.717) is 5.82 Å². The van der Waals surface area contributed by atoms with Gasteiger partial charge in [0.15, 0.2) is 0 Å². The van der Waals surface area contributed by atoms with Gasteiger partial charge in [-0.25, -0.2) is 10.8 Å². The molecule has 0 saturated heterocycles. The van der Waals surface area contributed by atoms with Crippen LogP contribution in [0.3, 0.4) is 0 Å². The summed E-state index contributed by atoms with van der Waals surface area (Å²) in [5.74, 6) is 5.85. The first kappa shape index (κ1) is 9.93. The molecule has 0 aliphatic heterocycles. The molecule has 0 unspecified atom stereocenters. The maximum absolute atomic E-state index is 5.32. The Morgan fingerprint density at radius 3 is 2.55 bits per heavy atom. The lowest BCUT2D eigenvalue weighted by Gasteiger charge is -1.99. The number of nitrogens with zero attached hydrogens (tertiary/aromatic N) is 2. The van der Waals surface area contributed by atoms with Gasteiger partial charge >= 0.3 is 0 Å². The predicted octanol–water partition coefficient (Wildman–Crippen LogP) is 0.0746. The van der Waals surface area contributed by atoms with Crippen LogP contribution in [0.2, 0.25) is 0 Å². The van der Waals surface area contributed by atoms with Gasteiger partial charge in [0.05, 0.1) is 0 Å². The Morgan fingerprint density at radius 1 is 1.45 bits per heavy atom. The van der Waals surface area contributed by atoms with E-state index in [-0.39, 0.29) is 18.4 Å². The molecule has 1 aromatic rings. The van der Waals surface area contributed by atoms with Gasteiger partial charge in [0.1, 0.15) is 5.82 Å². The summed E-state index contributed by atoms with van der Waals surface area (Å²) >= 11 is 0. The lowest BCUT2D eigenvalue weighted by atomic mass is 10.4. The monoisotopic (exact) mass is 175 g/mol. The van der Waals surface area contributed by atoms with E-state index in [4.69, 9.17) is 11.6 Å². The highest BCUT2D eigenvalue weighted by Gasteiger charge is 1.94. The van der Waals surface area contributed by atoms with Crippen LogP contribution in [-0.4, -0.2) is 9.97 Å². The van der Waals surface area contributed by atoms with Gasteiger partial charge in [-0.2, -0.15) is 4.98 Å². The van der Waals surface area contributed by atoms with Crippen molar-refractivity contribution in [3.05, 3.63) is 11.8 Å². The maximum Gasteiger partial charge on any atom is 0.222 e. The van der Waals surface area contributed by atoms with Crippen molar-refractivity contribution in [2.24, 2.45) is 5.84 Å². The molecule has 1 heterocycles. The van der Waals surface area contributed by atoms with Gasteiger partial charge in [0.2, 0.25) is 5.95 Å². The Morgan fingerprint density at radius 2 is 2.09 bits per heavy atom. The molecule has 1 aromatic heterocycles. The topological polar surface area (TPSA) is 89.8 Å². The number of halogens is 1. The number of nitrogens with two attached hydrogens (primary N) is 2. The molecule has 0 fully saturated rings. The number of nitrogens with one attached hydrogen (secondary N) is 1. The van der Waals surface area contributed by atoms with Crippen molar-refractivity contribution in [1.82, 2.24) is 9.97 Å². The van der Waals surface area contributed by atoms with Crippen LogP contribution in [0.5, 0.6) is 0 Å². The second-order valence-corrected chi connectivity index (χ2v) is 1.90. The molecule has 0 saturated carbocycles. The van der Waals surface area contributed by atoms with Crippen LogP contribution < -0.4 is 17.0 Å². The minimum Gasteiger partial charge on any atom is -0.368 e. The number of hydrogen-bond donors (Lipinski definition) is 3. The van der Waals surface area contributed by atoms with Crippen molar-refractivity contribution in [3.63, 3.8) is 0 Å². The average Bonchev–Trinajstić information content (AvgIpc) is 1.85. The van der Waals surface area contributed by atoms with Crippen molar-refractivity contribution in [1.29, 1.82) is 0 Å². The summed E-state index contributed by atoms with van der Waals surface area (Å²) in [5.41, 5.74) is 8.49. The van der Waals surface area contributed by atoms with Crippen LogP contribution in [0.25, 0.3) is 0 Å². The van der Waals surface area contributed by atoms with Crippen LogP contribution in [0.4, 0.5) is 11.8 Å². The predicted molar refractivity (Wildman–Crippen MR) is 46.2 cm³/mol. The summed E-state index contributed by atoms with van der Waals surface area (Å²) in [6.07, 6.45) is 0. The van der Waals surface area contributed by atoms with Gasteiger partial charge in [-0.3, -0.25) is 0 Å². The molecule has 62 valence electrons. The summed E-state index contributed by atoms with van der Waals surface area (Å²) in [5, 5.41) is 0. The van der Waals surface area contributed by atoms with E-state index in [1.165, 1.54) is 0 Å². The van der Waals surface area contributed by atoms with E-state index in [1.54, 1.807) is 6.07 Å². The lowest BCUT2D eigenvalue weighted by Crippen LogP contribution is -2.10. The zero-order valence-electron chi connectivity index (χ0n) is 6.03. The minimum atomic E-state index is 0. The molecule has 11 heavy (non-hydrogen) atoms. The van der Waals surface area contributed by atoms with Gasteiger partial charge in [-0.1, -0.05) is 0 Å². The molecule has 0 aliphatic rings. The molecule has 5 nitrogen and oxygen atoms in total. The first-order valence-electron chi connectivity index (χ1n) is 2.80. The van der Waals surface area contributed by atoms with Crippen molar-refractivity contribution >= 4 is 24.2 Å². The Kier molecular flexibility index (Phi) is 3.56. The molecule has 0 spiro atoms. The van der Waals surface area contributed by atoms with Crippen LogP contribution in [0.1, 0.15) is 5.69 Å². The van der Waals surface area contributed by atoms with E-state index in [0.717, 1.165) is 5.69 Å². The second kappa shape index (κ2) is 3.95. The minimum absolute atomic E-state index is 0. The maximum atomic E-state index is 5.32. The molecule has 0 amide bonds. The zero-order chi connectivity index (χ0) is 7.56. The summed E-state index contributed by atoms with van der Waals surface area (Å²) in [6.45, 7) is 1.82. The third kappa shape index (κ3) is 2.57. The van der Waals surface area contributed by atoms with Crippen LogP contribution in [0, 0.1) is 6.92 Å². The SMILES string of the molecule is Cc1cc(NN)nc(N)n1.Cl. The average molecular weight is 176 g/mol. The summed E-state index contributed by atoms with van der Waals surface area (Å²) in [6, 6.07) is 1.70. The normalized spacial score (nSPS) is 8.55. The fourth-order valence-electron chi connectivity index (χ4n) is 0.665. The quantitative estimate of drug-likeness (QED) is 0.415. The summed E-state index contributed by atoms with van der Waals surface area (Å²) < 4.78 is 0. The summed E-state index contributed by atoms with van der Waals surface area (Å²) in [4.78, 5) is 7.64. The van der Waals surface area contributed by atoms with Crippen molar-refractivity contribution in [3.8, 4) is 0 Å². The number of nitrogen functional groups attached to an aromatic ring is 2. The number of rotatable bonds is 1. The number of anilines is 2. The van der Waals surface area contributed by atoms with Gasteiger partial charge in [0.25, 0.3) is 0 Å². The van der Waals surface area contributed by atoms with E-state index >= 15 is 0 Å².